The van der Waals surface area contributed by atoms with Gasteiger partial charge in [0.15, 0.2) is 0 Å². The average molecular weight is 189 g/mol. The van der Waals surface area contributed by atoms with Gasteiger partial charge >= 0.3 is 0 Å². The van der Waals surface area contributed by atoms with Crippen LogP contribution in [0.1, 0.15) is 5.56 Å². The number of hydrogen-bond donors (Lipinski definition) is 1. The summed E-state index contributed by atoms with van der Waals surface area (Å²) in [5.74, 6) is 0. The van der Waals surface area contributed by atoms with Gasteiger partial charge in [0.05, 0.1) is 0 Å². The minimum Gasteiger partial charge on any atom is -0.388 e. The third-order valence-corrected chi connectivity index (χ3v) is 1.74. The Hall–Kier alpha value is -2.00. The van der Waals surface area contributed by atoms with Gasteiger partial charge < -0.3 is 5.32 Å². The van der Waals surface area contributed by atoms with Crippen LogP contribution in [0.4, 0.5) is 11.4 Å². The van der Waals surface area contributed by atoms with E-state index in [-0.39, 0.29) is 0 Å². The summed E-state index contributed by atoms with van der Waals surface area (Å²) in [6, 6.07) is 5.47. The van der Waals surface area contributed by atoms with Gasteiger partial charge in [-0.3, -0.25) is 4.99 Å². The number of nitrogens with one attached hydrogen (secondary N) is 1. The second-order valence-corrected chi connectivity index (χ2v) is 2.60. The third-order valence-electron chi connectivity index (χ3n) is 1.74. The highest BCUT2D eigenvalue weighted by molar-refractivity contribution is 5.88. The van der Waals surface area contributed by atoms with Crippen molar-refractivity contribution in [1.29, 1.82) is 0 Å². The van der Waals surface area contributed by atoms with Crippen molar-refractivity contribution in [3.63, 3.8) is 0 Å². The Labute approximate surface area is 82.1 Å². The molecule has 0 heterocycles. The number of nitrogens with zero attached hydrogens (tertiary/aromatic N) is 4. The van der Waals surface area contributed by atoms with E-state index in [1.54, 1.807) is 19.3 Å². The van der Waals surface area contributed by atoms with Gasteiger partial charge in [-0.1, -0.05) is 5.11 Å². The number of anilines is 1. The Balaban J connectivity index is 3.22. The molecule has 0 spiro atoms. The van der Waals surface area contributed by atoms with Crippen molar-refractivity contribution in [2.75, 3.05) is 19.4 Å². The van der Waals surface area contributed by atoms with E-state index >= 15 is 0 Å². The largest absolute Gasteiger partial charge is 0.388 e. The molecule has 0 aromatic heterocycles. The summed E-state index contributed by atoms with van der Waals surface area (Å²) in [7, 11) is 3.50. The van der Waals surface area contributed by atoms with Gasteiger partial charge in [-0.25, -0.2) is 0 Å². The topological polar surface area (TPSA) is 73.2 Å². The summed E-state index contributed by atoms with van der Waals surface area (Å²) in [5, 5.41) is 6.56. The van der Waals surface area contributed by atoms with Crippen LogP contribution in [-0.2, 0) is 0 Å². The fourth-order valence-corrected chi connectivity index (χ4v) is 1.09. The number of benzene rings is 1. The molecule has 72 valence electrons. The summed E-state index contributed by atoms with van der Waals surface area (Å²) in [6.45, 7) is 0. The average Bonchev–Trinajstić information content (AvgIpc) is 2.21. The van der Waals surface area contributed by atoms with Gasteiger partial charge in [-0.2, -0.15) is 0 Å². The van der Waals surface area contributed by atoms with Crippen molar-refractivity contribution in [2.45, 2.75) is 0 Å². The summed E-state index contributed by atoms with van der Waals surface area (Å²) in [4.78, 5) is 6.64. The first-order chi connectivity index (χ1) is 6.81. The van der Waals surface area contributed by atoms with Crippen molar-refractivity contribution < 1.29 is 0 Å². The van der Waals surface area contributed by atoms with Crippen LogP contribution in [-0.4, -0.2) is 20.3 Å². The van der Waals surface area contributed by atoms with Crippen LogP contribution in [0.5, 0.6) is 0 Å². The molecule has 0 saturated carbocycles. The van der Waals surface area contributed by atoms with Crippen LogP contribution in [0.15, 0.2) is 28.3 Å². The van der Waals surface area contributed by atoms with Crippen molar-refractivity contribution >= 4 is 17.6 Å². The fourth-order valence-electron chi connectivity index (χ4n) is 1.09. The molecule has 0 aliphatic rings. The van der Waals surface area contributed by atoms with Gasteiger partial charge in [0.1, 0.15) is 0 Å². The van der Waals surface area contributed by atoms with Gasteiger partial charge in [-0.15, -0.1) is 0 Å². The molecule has 1 rings (SSSR count). The van der Waals surface area contributed by atoms with Crippen LogP contribution in [0.25, 0.3) is 10.4 Å². The highest BCUT2D eigenvalue weighted by atomic mass is 15.1. The molecule has 0 unspecified atom stereocenters. The minimum absolute atomic E-state index is 0.581. The van der Waals surface area contributed by atoms with Gasteiger partial charge in [0.25, 0.3) is 0 Å². The lowest BCUT2D eigenvalue weighted by Crippen LogP contribution is -1.90. The van der Waals surface area contributed by atoms with Crippen LogP contribution in [0, 0.1) is 0 Å². The van der Waals surface area contributed by atoms with E-state index in [0.29, 0.717) is 5.69 Å². The zero-order valence-corrected chi connectivity index (χ0v) is 8.10. The van der Waals surface area contributed by atoms with E-state index in [9.17, 15) is 0 Å². The molecule has 1 N–H and O–H groups in total. The first kappa shape index (κ1) is 10.1. The van der Waals surface area contributed by atoms with E-state index in [0.717, 1.165) is 11.3 Å². The number of aliphatic imine (C=N–C) groups is 1. The molecule has 0 saturated heterocycles. The Morgan fingerprint density at radius 3 is 2.86 bits per heavy atom. The third kappa shape index (κ3) is 2.24. The Morgan fingerprint density at radius 1 is 1.50 bits per heavy atom. The lowest BCUT2D eigenvalue weighted by molar-refractivity contribution is 1.41. The first-order valence-corrected chi connectivity index (χ1v) is 4.11. The molecule has 5 nitrogen and oxygen atoms in total. The van der Waals surface area contributed by atoms with Crippen molar-refractivity contribution in [2.24, 2.45) is 10.1 Å². The molecule has 0 atom stereocenters. The van der Waals surface area contributed by atoms with E-state index in [1.165, 1.54) is 0 Å². The quantitative estimate of drug-likeness (QED) is 0.337. The molecular weight excluding hydrogens is 178 g/mol. The minimum atomic E-state index is 0.581. The predicted octanol–water partition coefficient (Wildman–Crippen LogP) is 2.72. The van der Waals surface area contributed by atoms with Crippen molar-refractivity contribution in [3.8, 4) is 0 Å². The maximum absolute atomic E-state index is 8.34. The van der Waals surface area contributed by atoms with Crippen LogP contribution in [0.3, 0.4) is 0 Å². The van der Waals surface area contributed by atoms with Crippen molar-refractivity contribution in [1.82, 2.24) is 0 Å². The lowest BCUT2D eigenvalue weighted by atomic mass is 10.2. The van der Waals surface area contributed by atoms with Gasteiger partial charge in [-0.05, 0) is 23.7 Å². The summed E-state index contributed by atoms with van der Waals surface area (Å²) >= 11 is 0. The van der Waals surface area contributed by atoms with Crippen LogP contribution in [0.2, 0.25) is 0 Å². The second kappa shape index (κ2) is 4.89. The second-order valence-electron chi connectivity index (χ2n) is 2.60. The monoisotopic (exact) mass is 189 g/mol. The van der Waals surface area contributed by atoms with Gasteiger partial charge in [0.2, 0.25) is 0 Å². The molecule has 1 aromatic carbocycles. The molecule has 0 radical (unpaired) electrons. The molecule has 0 bridgehead atoms. The van der Waals surface area contributed by atoms with E-state index in [2.05, 4.69) is 20.3 Å². The first-order valence-electron chi connectivity index (χ1n) is 4.11. The Bertz CT molecular complexity index is 390. The molecule has 0 fully saturated rings. The zero-order chi connectivity index (χ0) is 10.4. The molecule has 5 heteroatoms. The number of hydrogen-bond acceptors (Lipinski definition) is 3. The molecular formula is C9H11N5. The number of azide groups is 1. The highest BCUT2D eigenvalue weighted by Gasteiger charge is 1.98. The van der Waals surface area contributed by atoms with Crippen LogP contribution < -0.4 is 5.32 Å². The molecule has 0 aliphatic heterocycles. The Kier molecular flexibility index (Phi) is 3.52. The van der Waals surface area contributed by atoms with Crippen LogP contribution >= 0.6 is 0 Å². The summed E-state index contributed by atoms with van der Waals surface area (Å²) in [5.41, 5.74) is 10.7. The summed E-state index contributed by atoms with van der Waals surface area (Å²) < 4.78 is 0. The molecule has 14 heavy (non-hydrogen) atoms. The van der Waals surface area contributed by atoms with E-state index in [1.807, 2.05) is 19.2 Å². The Morgan fingerprint density at radius 2 is 2.29 bits per heavy atom. The predicted molar refractivity (Wildman–Crippen MR) is 58.3 cm³/mol. The maximum Gasteiger partial charge on any atom is 0.0464 e. The summed E-state index contributed by atoms with van der Waals surface area (Å²) in [6.07, 6.45) is 1.66. The fraction of sp³-hybridized carbons (Fsp3) is 0.222. The van der Waals surface area contributed by atoms with E-state index < -0.39 is 0 Å². The number of rotatable bonds is 3. The highest BCUT2D eigenvalue weighted by Crippen LogP contribution is 2.21. The molecule has 0 aliphatic carbocycles. The normalized spacial score (nSPS) is 9.86. The standard InChI is InChI=1S/C9H11N5/c1-11-6-7-5-8(12-2)3-4-9(7)13-14-10/h3-6,12H,1-2H3/b11-6-. The molecule has 0 amide bonds. The SMILES string of the molecule is C/N=C\c1cc(NC)ccc1N=[N+]=[N-]. The van der Waals surface area contributed by atoms with Crippen molar-refractivity contribution in [3.05, 3.63) is 34.2 Å². The lowest BCUT2D eigenvalue weighted by Gasteiger charge is -2.03. The maximum atomic E-state index is 8.34. The van der Waals surface area contributed by atoms with Gasteiger partial charge in [0, 0.05) is 42.2 Å². The molecule has 1 aromatic rings. The smallest absolute Gasteiger partial charge is 0.0464 e. The zero-order valence-electron chi connectivity index (χ0n) is 8.10. The van der Waals surface area contributed by atoms with E-state index in [4.69, 9.17) is 5.53 Å².